The molecule has 5 rings (SSSR count). The van der Waals surface area contributed by atoms with Crippen LogP contribution in [0, 0.1) is 0 Å². The largest absolute Gasteiger partial charge is 0.468 e. The van der Waals surface area contributed by atoms with E-state index in [9.17, 15) is 0 Å². The van der Waals surface area contributed by atoms with Crippen molar-refractivity contribution < 1.29 is 4.42 Å². The summed E-state index contributed by atoms with van der Waals surface area (Å²) in [6.45, 7) is 5.11. The second kappa shape index (κ2) is 14.2. The van der Waals surface area contributed by atoms with Gasteiger partial charge >= 0.3 is 0 Å². The number of nitrogens with one attached hydrogen (secondary N) is 2. The van der Waals surface area contributed by atoms with Crippen molar-refractivity contribution in [3.05, 3.63) is 119 Å². The van der Waals surface area contributed by atoms with Crippen molar-refractivity contribution in [1.82, 2.24) is 25.5 Å². The van der Waals surface area contributed by atoms with Gasteiger partial charge < -0.3 is 15.1 Å². The van der Waals surface area contributed by atoms with Crippen molar-refractivity contribution >= 4 is 17.0 Å². The van der Waals surface area contributed by atoms with Crippen LogP contribution in [-0.2, 0) is 32.6 Å². The number of fused-ring (bicyclic) bond motifs is 1. The molecule has 1 aliphatic carbocycles. The third kappa shape index (κ3) is 7.82. The van der Waals surface area contributed by atoms with Crippen molar-refractivity contribution in [1.29, 1.82) is 0 Å². The Bertz CT molecular complexity index is 1180. The molecule has 0 radical (unpaired) electrons. The third-order valence-corrected chi connectivity index (χ3v) is 6.83. The van der Waals surface area contributed by atoms with E-state index in [2.05, 4.69) is 56.9 Å². The van der Waals surface area contributed by atoms with Gasteiger partial charge in [0.25, 0.3) is 0 Å². The number of rotatable bonds is 12. The molecular formula is C30H36BrN5O. The first kappa shape index (κ1) is 27.2. The zero-order valence-corrected chi connectivity index (χ0v) is 22.9. The number of benzene rings is 1. The SMILES string of the molecule is Br.c1ccc(CNCc2ccc(CN(CCNCc3ccco3)C3CCCc4cccnc43)cc2)nc1. The summed E-state index contributed by atoms with van der Waals surface area (Å²) >= 11 is 0. The van der Waals surface area contributed by atoms with E-state index in [1.165, 1.54) is 28.8 Å². The highest BCUT2D eigenvalue weighted by Gasteiger charge is 2.27. The number of pyridine rings is 2. The summed E-state index contributed by atoms with van der Waals surface area (Å²) < 4.78 is 5.47. The van der Waals surface area contributed by atoms with Gasteiger partial charge in [-0.3, -0.25) is 14.9 Å². The lowest BCUT2D eigenvalue weighted by molar-refractivity contribution is 0.166. The number of furan rings is 1. The summed E-state index contributed by atoms with van der Waals surface area (Å²) in [6.07, 6.45) is 9.00. The summed E-state index contributed by atoms with van der Waals surface area (Å²) in [4.78, 5) is 11.8. The fourth-order valence-electron chi connectivity index (χ4n) is 4.97. The normalized spacial score (nSPS) is 14.8. The Kier molecular flexibility index (Phi) is 10.4. The number of aryl methyl sites for hydroxylation is 1. The second-order valence-corrected chi connectivity index (χ2v) is 9.42. The van der Waals surface area contributed by atoms with Crippen LogP contribution in [0.1, 0.15) is 52.7 Å². The van der Waals surface area contributed by atoms with E-state index in [1.54, 1.807) is 6.26 Å². The number of hydrogen-bond acceptors (Lipinski definition) is 6. The molecule has 1 atom stereocenters. The van der Waals surface area contributed by atoms with Gasteiger partial charge in [-0.2, -0.15) is 0 Å². The number of aromatic nitrogens is 2. The average Bonchev–Trinajstić information content (AvgIpc) is 3.45. The van der Waals surface area contributed by atoms with Gasteiger partial charge in [-0.15, -0.1) is 17.0 Å². The van der Waals surface area contributed by atoms with E-state index in [4.69, 9.17) is 9.40 Å². The maximum atomic E-state index is 5.47. The first-order valence-electron chi connectivity index (χ1n) is 12.9. The molecule has 3 heterocycles. The molecule has 37 heavy (non-hydrogen) atoms. The van der Waals surface area contributed by atoms with Crippen molar-refractivity contribution in [2.24, 2.45) is 0 Å². The molecule has 1 aromatic carbocycles. The maximum absolute atomic E-state index is 5.47. The monoisotopic (exact) mass is 561 g/mol. The Morgan fingerprint density at radius 3 is 2.51 bits per heavy atom. The zero-order valence-electron chi connectivity index (χ0n) is 21.2. The summed E-state index contributed by atoms with van der Waals surface area (Å²) in [5, 5.41) is 7.03. The molecular weight excluding hydrogens is 526 g/mol. The van der Waals surface area contributed by atoms with Crippen LogP contribution in [0.4, 0.5) is 0 Å². The van der Waals surface area contributed by atoms with Gasteiger partial charge in [0.1, 0.15) is 5.76 Å². The quantitative estimate of drug-likeness (QED) is 0.219. The minimum Gasteiger partial charge on any atom is -0.468 e. The van der Waals surface area contributed by atoms with Crippen molar-refractivity contribution in [2.75, 3.05) is 13.1 Å². The molecule has 0 bridgehead atoms. The van der Waals surface area contributed by atoms with Crippen LogP contribution in [-0.4, -0.2) is 28.0 Å². The predicted octanol–water partition coefficient (Wildman–Crippen LogP) is 5.61. The minimum atomic E-state index is 0. The zero-order chi connectivity index (χ0) is 24.4. The molecule has 2 N–H and O–H groups in total. The van der Waals surface area contributed by atoms with Gasteiger partial charge in [0.05, 0.1) is 30.2 Å². The van der Waals surface area contributed by atoms with Gasteiger partial charge in [0.2, 0.25) is 0 Å². The van der Waals surface area contributed by atoms with Crippen LogP contribution in [0.25, 0.3) is 0 Å². The highest BCUT2D eigenvalue weighted by molar-refractivity contribution is 8.93. The Hall–Kier alpha value is -2.84. The second-order valence-electron chi connectivity index (χ2n) is 9.42. The van der Waals surface area contributed by atoms with E-state index >= 15 is 0 Å². The lowest BCUT2D eigenvalue weighted by Gasteiger charge is -2.35. The van der Waals surface area contributed by atoms with Crippen LogP contribution in [0.5, 0.6) is 0 Å². The first-order chi connectivity index (χ1) is 17.8. The molecule has 3 aromatic heterocycles. The summed E-state index contributed by atoms with van der Waals surface area (Å²) in [5.41, 5.74) is 6.33. The molecule has 1 aliphatic rings. The molecule has 0 saturated carbocycles. The Morgan fingerprint density at radius 1 is 0.838 bits per heavy atom. The lowest BCUT2D eigenvalue weighted by Crippen LogP contribution is -2.36. The van der Waals surface area contributed by atoms with Crippen molar-refractivity contribution in [2.45, 2.75) is 51.5 Å². The maximum Gasteiger partial charge on any atom is 0.117 e. The Balaban J connectivity index is 0.00000320. The van der Waals surface area contributed by atoms with Crippen molar-refractivity contribution in [3.63, 3.8) is 0 Å². The van der Waals surface area contributed by atoms with Gasteiger partial charge in [-0.25, -0.2) is 0 Å². The Morgan fingerprint density at radius 2 is 1.70 bits per heavy atom. The van der Waals surface area contributed by atoms with Crippen LogP contribution < -0.4 is 10.6 Å². The fourth-order valence-corrected chi connectivity index (χ4v) is 4.97. The van der Waals surface area contributed by atoms with E-state index in [1.807, 2.05) is 42.7 Å². The van der Waals surface area contributed by atoms with Gasteiger partial charge in [-0.05, 0) is 66.3 Å². The molecule has 7 heteroatoms. The van der Waals surface area contributed by atoms with Crippen LogP contribution in [0.2, 0.25) is 0 Å². The van der Waals surface area contributed by atoms with E-state index < -0.39 is 0 Å². The molecule has 1 unspecified atom stereocenters. The summed E-state index contributed by atoms with van der Waals surface area (Å²) in [7, 11) is 0. The van der Waals surface area contributed by atoms with Gasteiger partial charge in [0, 0.05) is 45.1 Å². The van der Waals surface area contributed by atoms with E-state index in [0.717, 1.165) is 63.6 Å². The number of nitrogens with zero attached hydrogens (tertiary/aromatic N) is 3. The third-order valence-electron chi connectivity index (χ3n) is 6.83. The fraction of sp³-hybridized carbons (Fsp3) is 0.333. The molecule has 0 aliphatic heterocycles. The summed E-state index contributed by atoms with van der Waals surface area (Å²) in [6, 6.07) is 23.6. The number of halogens is 1. The Labute approximate surface area is 230 Å². The molecule has 0 spiro atoms. The number of hydrogen-bond donors (Lipinski definition) is 2. The first-order valence-corrected chi connectivity index (χ1v) is 12.9. The van der Waals surface area contributed by atoms with Crippen LogP contribution in [0.3, 0.4) is 0 Å². The molecule has 4 aromatic rings. The molecule has 0 amide bonds. The molecule has 0 fully saturated rings. The lowest BCUT2D eigenvalue weighted by atomic mass is 9.90. The molecule has 0 saturated heterocycles. The van der Waals surface area contributed by atoms with Crippen LogP contribution in [0.15, 0.2) is 89.8 Å². The highest BCUT2D eigenvalue weighted by Crippen LogP contribution is 2.33. The van der Waals surface area contributed by atoms with E-state index in [0.29, 0.717) is 6.04 Å². The highest BCUT2D eigenvalue weighted by atomic mass is 79.9. The van der Waals surface area contributed by atoms with Crippen LogP contribution >= 0.6 is 17.0 Å². The topological polar surface area (TPSA) is 66.2 Å². The standard InChI is InChI=1S/C30H35N5O.BrH/c1-2-15-33-27(8-1)21-32-20-24-11-13-25(14-12-24)23-35(18-17-31-22-28-9-5-19-36-28)29-10-3-6-26-7-4-16-34-30(26)29;/h1-2,4-5,7-9,11-16,19,29,31-32H,3,6,10,17-18,20-23H2;1H. The summed E-state index contributed by atoms with van der Waals surface area (Å²) in [5.74, 6) is 0.971. The predicted molar refractivity (Wildman–Crippen MR) is 152 cm³/mol. The van der Waals surface area contributed by atoms with Gasteiger partial charge in [0.15, 0.2) is 0 Å². The van der Waals surface area contributed by atoms with Gasteiger partial charge in [-0.1, -0.05) is 36.4 Å². The molecule has 194 valence electrons. The van der Waals surface area contributed by atoms with E-state index in [-0.39, 0.29) is 17.0 Å². The smallest absolute Gasteiger partial charge is 0.117 e. The average molecular weight is 563 g/mol. The molecule has 6 nitrogen and oxygen atoms in total. The van der Waals surface area contributed by atoms with Crippen molar-refractivity contribution in [3.8, 4) is 0 Å². The minimum absolute atomic E-state index is 0.